The van der Waals surface area contributed by atoms with Crippen LogP contribution in [0.5, 0.6) is 0 Å². The smallest absolute Gasteiger partial charge is 0.251 e. The van der Waals surface area contributed by atoms with E-state index in [-0.39, 0.29) is 11.9 Å². The number of rotatable bonds is 2. The second-order valence-corrected chi connectivity index (χ2v) is 6.04. The Bertz CT molecular complexity index is 689. The lowest BCUT2D eigenvalue weighted by Crippen LogP contribution is -2.40. The molecule has 4 heteroatoms. The van der Waals surface area contributed by atoms with Crippen LogP contribution in [-0.2, 0) is 25.8 Å². The molecule has 1 N–H and O–H groups in total. The number of hydrogen-bond acceptors (Lipinski definition) is 2. The minimum absolute atomic E-state index is 0.0539. The Labute approximate surface area is 124 Å². The molecule has 1 aromatic heterocycles. The van der Waals surface area contributed by atoms with Gasteiger partial charge in [-0.2, -0.15) is 0 Å². The summed E-state index contributed by atoms with van der Waals surface area (Å²) >= 11 is 0. The third kappa shape index (κ3) is 2.35. The van der Waals surface area contributed by atoms with Crippen molar-refractivity contribution in [1.29, 1.82) is 0 Å². The summed E-state index contributed by atoms with van der Waals surface area (Å²) < 4.78 is 2.14. The van der Waals surface area contributed by atoms with Crippen LogP contribution in [0.2, 0.25) is 0 Å². The van der Waals surface area contributed by atoms with Crippen molar-refractivity contribution in [2.24, 2.45) is 0 Å². The minimum atomic E-state index is 0.0539. The van der Waals surface area contributed by atoms with E-state index in [0.717, 1.165) is 43.6 Å². The first-order valence-corrected chi connectivity index (χ1v) is 7.72. The van der Waals surface area contributed by atoms with Crippen molar-refractivity contribution < 1.29 is 4.79 Å². The molecule has 2 aliphatic rings. The molecule has 1 atom stereocenters. The highest BCUT2D eigenvalue weighted by molar-refractivity contribution is 5.94. The fourth-order valence-electron chi connectivity index (χ4n) is 3.47. The lowest BCUT2D eigenvalue weighted by Gasteiger charge is -2.24. The standard InChI is InChI=1S/C17H19N3O/c21-17(14-5-4-12-2-1-3-13(12)10-14)19-15-6-7-16-18-8-9-20(16)11-15/h4-5,8-10,15H,1-3,6-7,11H2,(H,19,21). The number of benzene rings is 1. The van der Waals surface area contributed by atoms with Gasteiger partial charge in [-0.05, 0) is 48.9 Å². The molecular formula is C17H19N3O. The summed E-state index contributed by atoms with van der Waals surface area (Å²) in [6.45, 7) is 0.825. The first-order chi connectivity index (χ1) is 10.3. The molecule has 1 aromatic carbocycles. The van der Waals surface area contributed by atoms with E-state index in [1.54, 1.807) is 0 Å². The van der Waals surface area contributed by atoms with E-state index >= 15 is 0 Å². The molecule has 0 bridgehead atoms. The van der Waals surface area contributed by atoms with Crippen molar-refractivity contribution in [2.45, 2.75) is 44.7 Å². The number of aromatic nitrogens is 2. The first kappa shape index (κ1) is 12.6. The normalized spacial score (nSPS) is 19.9. The van der Waals surface area contributed by atoms with Crippen LogP contribution in [0, 0.1) is 0 Å². The van der Waals surface area contributed by atoms with Gasteiger partial charge >= 0.3 is 0 Å². The van der Waals surface area contributed by atoms with Gasteiger partial charge in [-0.1, -0.05) is 6.07 Å². The van der Waals surface area contributed by atoms with Gasteiger partial charge in [-0.3, -0.25) is 4.79 Å². The zero-order valence-electron chi connectivity index (χ0n) is 12.0. The molecule has 108 valence electrons. The Morgan fingerprint density at radius 3 is 3.10 bits per heavy atom. The second-order valence-electron chi connectivity index (χ2n) is 6.04. The fourth-order valence-corrected chi connectivity index (χ4v) is 3.47. The summed E-state index contributed by atoms with van der Waals surface area (Å²) in [5.41, 5.74) is 3.56. The molecule has 2 heterocycles. The van der Waals surface area contributed by atoms with Crippen LogP contribution in [0.15, 0.2) is 30.6 Å². The van der Waals surface area contributed by atoms with Gasteiger partial charge in [0, 0.05) is 37.0 Å². The number of amides is 1. The molecule has 1 aliphatic carbocycles. The Morgan fingerprint density at radius 2 is 2.14 bits per heavy atom. The third-order valence-electron chi connectivity index (χ3n) is 4.63. The molecule has 0 saturated heterocycles. The second kappa shape index (κ2) is 5.02. The maximum Gasteiger partial charge on any atom is 0.251 e. The zero-order chi connectivity index (χ0) is 14.2. The van der Waals surface area contributed by atoms with E-state index in [9.17, 15) is 4.79 Å². The van der Waals surface area contributed by atoms with E-state index in [4.69, 9.17) is 0 Å². The van der Waals surface area contributed by atoms with E-state index in [0.29, 0.717) is 0 Å². The molecule has 1 amide bonds. The van der Waals surface area contributed by atoms with E-state index in [1.165, 1.54) is 17.5 Å². The van der Waals surface area contributed by atoms with Crippen LogP contribution in [0.3, 0.4) is 0 Å². The van der Waals surface area contributed by atoms with Gasteiger partial charge < -0.3 is 9.88 Å². The number of carbonyl (C=O) groups is 1. The first-order valence-electron chi connectivity index (χ1n) is 7.72. The van der Waals surface area contributed by atoms with Gasteiger partial charge in [0.2, 0.25) is 0 Å². The number of fused-ring (bicyclic) bond motifs is 2. The zero-order valence-corrected chi connectivity index (χ0v) is 12.0. The largest absolute Gasteiger partial charge is 0.347 e. The highest BCUT2D eigenvalue weighted by Crippen LogP contribution is 2.23. The Morgan fingerprint density at radius 1 is 1.24 bits per heavy atom. The van der Waals surface area contributed by atoms with Crippen molar-refractivity contribution >= 4 is 5.91 Å². The quantitative estimate of drug-likeness (QED) is 0.916. The van der Waals surface area contributed by atoms with Crippen LogP contribution in [0.25, 0.3) is 0 Å². The summed E-state index contributed by atoms with van der Waals surface area (Å²) in [5, 5.41) is 3.17. The van der Waals surface area contributed by atoms with Gasteiger partial charge in [0.1, 0.15) is 5.82 Å². The highest BCUT2D eigenvalue weighted by atomic mass is 16.1. The molecular weight excluding hydrogens is 262 g/mol. The Hall–Kier alpha value is -2.10. The summed E-state index contributed by atoms with van der Waals surface area (Å²) in [6, 6.07) is 6.35. The molecule has 0 radical (unpaired) electrons. The molecule has 4 rings (SSSR count). The average molecular weight is 281 g/mol. The predicted octanol–water partition coefficient (Wildman–Crippen LogP) is 2.12. The number of aryl methyl sites for hydroxylation is 3. The summed E-state index contributed by atoms with van der Waals surface area (Å²) in [6.07, 6.45) is 9.20. The van der Waals surface area contributed by atoms with E-state index in [1.807, 2.05) is 18.5 Å². The molecule has 2 aromatic rings. The Kier molecular flexibility index (Phi) is 3.02. The van der Waals surface area contributed by atoms with Crippen molar-refractivity contribution in [3.05, 3.63) is 53.1 Å². The number of nitrogens with zero attached hydrogens (tertiary/aromatic N) is 2. The van der Waals surface area contributed by atoms with Crippen LogP contribution < -0.4 is 5.32 Å². The van der Waals surface area contributed by atoms with Crippen LogP contribution in [-0.4, -0.2) is 21.5 Å². The molecule has 1 aliphatic heterocycles. The monoisotopic (exact) mass is 281 g/mol. The average Bonchev–Trinajstić information content (AvgIpc) is 3.14. The highest BCUT2D eigenvalue weighted by Gasteiger charge is 2.21. The van der Waals surface area contributed by atoms with Gasteiger partial charge in [0.15, 0.2) is 0 Å². The molecule has 0 saturated carbocycles. The van der Waals surface area contributed by atoms with Gasteiger partial charge in [-0.15, -0.1) is 0 Å². The SMILES string of the molecule is O=C(NC1CCc2nccn2C1)c1ccc2c(c1)CCC2. The third-order valence-corrected chi connectivity index (χ3v) is 4.63. The maximum absolute atomic E-state index is 12.4. The topological polar surface area (TPSA) is 46.9 Å². The maximum atomic E-state index is 12.4. The minimum Gasteiger partial charge on any atom is -0.347 e. The lowest BCUT2D eigenvalue weighted by molar-refractivity contribution is 0.0927. The van der Waals surface area contributed by atoms with E-state index < -0.39 is 0 Å². The molecule has 4 nitrogen and oxygen atoms in total. The van der Waals surface area contributed by atoms with Crippen molar-refractivity contribution in [2.75, 3.05) is 0 Å². The Balaban J connectivity index is 1.47. The predicted molar refractivity (Wildman–Crippen MR) is 80.3 cm³/mol. The van der Waals surface area contributed by atoms with Gasteiger partial charge in [0.05, 0.1) is 0 Å². The van der Waals surface area contributed by atoms with E-state index in [2.05, 4.69) is 27.0 Å². The van der Waals surface area contributed by atoms with Crippen LogP contribution in [0.1, 0.15) is 40.2 Å². The van der Waals surface area contributed by atoms with Gasteiger partial charge in [0.25, 0.3) is 5.91 Å². The van der Waals surface area contributed by atoms with Crippen molar-refractivity contribution in [3.8, 4) is 0 Å². The number of imidazole rings is 1. The van der Waals surface area contributed by atoms with Gasteiger partial charge in [-0.25, -0.2) is 4.98 Å². The number of hydrogen-bond donors (Lipinski definition) is 1. The molecule has 1 unspecified atom stereocenters. The molecule has 21 heavy (non-hydrogen) atoms. The lowest BCUT2D eigenvalue weighted by atomic mass is 10.0. The molecule has 0 fully saturated rings. The van der Waals surface area contributed by atoms with Crippen molar-refractivity contribution in [1.82, 2.24) is 14.9 Å². The number of carbonyl (C=O) groups excluding carboxylic acids is 1. The fraction of sp³-hybridized carbons (Fsp3) is 0.412. The summed E-state index contributed by atoms with van der Waals surface area (Å²) in [5.74, 6) is 1.18. The molecule has 0 spiro atoms. The number of nitrogens with one attached hydrogen (secondary N) is 1. The van der Waals surface area contributed by atoms with Crippen LogP contribution in [0.4, 0.5) is 0 Å². The van der Waals surface area contributed by atoms with Crippen molar-refractivity contribution in [3.63, 3.8) is 0 Å². The summed E-state index contributed by atoms with van der Waals surface area (Å²) in [7, 11) is 0. The van der Waals surface area contributed by atoms with Crippen LogP contribution >= 0.6 is 0 Å². The summed E-state index contributed by atoms with van der Waals surface area (Å²) in [4.78, 5) is 16.7.